The van der Waals surface area contributed by atoms with E-state index >= 15 is 0 Å². The lowest BCUT2D eigenvalue weighted by Crippen LogP contribution is -2.48. The Hall–Kier alpha value is -2.06. The van der Waals surface area contributed by atoms with E-state index in [2.05, 4.69) is 30.5 Å². The summed E-state index contributed by atoms with van der Waals surface area (Å²) in [4.78, 5) is 26.9. The van der Waals surface area contributed by atoms with E-state index in [1.54, 1.807) is 24.7 Å². The van der Waals surface area contributed by atoms with Gasteiger partial charge in [-0.3, -0.25) is 9.69 Å². The standard InChI is InChI=1S/C15H20N6OS/c1-11(13(22)20-15-18-7-10-23-15)21-8-3-12(4-9-21)19-14-16-5-2-6-17-14/h2,5-7,10-12H,3-4,8-9H2,1H3,(H,16,17,19)(H,18,20,22)/t11-/m0/s1. The number of nitrogens with one attached hydrogen (secondary N) is 2. The first kappa shape index (κ1) is 15.8. The molecular formula is C15H20N6OS. The molecule has 2 aromatic heterocycles. The molecule has 0 aliphatic carbocycles. The Morgan fingerprint density at radius 2 is 2.00 bits per heavy atom. The summed E-state index contributed by atoms with van der Waals surface area (Å²) in [6, 6.07) is 1.99. The lowest BCUT2D eigenvalue weighted by molar-refractivity contribution is -0.121. The molecule has 1 amide bonds. The van der Waals surface area contributed by atoms with Crippen LogP contribution in [0.25, 0.3) is 0 Å². The number of aromatic nitrogens is 3. The maximum absolute atomic E-state index is 12.3. The molecular weight excluding hydrogens is 312 g/mol. The van der Waals surface area contributed by atoms with E-state index in [0.717, 1.165) is 25.9 Å². The van der Waals surface area contributed by atoms with Gasteiger partial charge in [0.15, 0.2) is 5.13 Å². The van der Waals surface area contributed by atoms with Gasteiger partial charge in [-0.1, -0.05) is 0 Å². The van der Waals surface area contributed by atoms with Crippen molar-refractivity contribution < 1.29 is 4.79 Å². The molecule has 1 fully saturated rings. The fraction of sp³-hybridized carbons (Fsp3) is 0.467. The van der Waals surface area contributed by atoms with Gasteiger partial charge in [0.25, 0.3) is 0 Å². The number of hydrogen-bond donors (Lipinski definition) is 2. The smallest absolute Gasteiger partial charge is 0.243 e. The summed E-state index contributed by atoms with van der Waals surface area (Å²) < 4.78 is 0. The Kier molecular flexibility index (Phi) is 5.14. The van der Waals surface area contributed by atoms with Crippen LogP contribution in [0.3, 0.4) is 0 Å². The molecule has 1 atom stereocenters. The van der Waals surface area contributed by atoms with E-state index in [4.69, 9.17) is 0 Å². The van der Waals surface area contributed by atoms with Gasteiger partial charge in [-0.05, 0) is 25.8 Å². The number of carbonyl (C=O) groups excluding carboxylic acids is 1. The molecule has 23 heavy (non-hydrogen) atoms. The summed E-state index contributed by atoms with van der Waals surface area (Å²) in [6.07, 6.45) is 7.08. The van der Waals surface area contributed by atoms with Crippen molar-refractivity contribution in [3.63, 3.8) is 0 Å². The second kappa shape index (κ2) is 7.47. The summed E-state index contributed by atoms with van der Waals surface area (Å²) in [6.45, 7) is 3.69. The minimum atomic E-state index is -0.159. The Labute approximate surface area is 139 Å². The second-order valence-electron chi connectivity index (χ2n) is 5.53. The van der Waals surface area contributed by atoms with Crippen LogP contribution in [0.5, 0.6) is 0 Å². The number of likely N-dealkylation sites (tertiary alicyclic amines) is 1. The van der Waals surface area contributed by atoms with Gasteiger partial charge in [-0.15, -0.1) is 11.3 Å². The fourth-order valence-corrected chi connectivity index (χ4v) is 3.18. The molecule has 8 heteroatoms. The van der Waals surface area contributed by atoms with E-state index in [1.165, 1.54) is 11.3 Å². The highest BCUT2D eigenvalue weighted by Crippen LogP contribution is 2.17. The number of anilines is 2. The van der Waals surface area contributed by atoms with E-state index in [1.807, 2.05) is 12.3 Å². The van der Waals surface area contributed by atoms with Crippen LogP contribution in [-0.4, -0.2) is 50.9 Å². The lowest BCUT2D eigenvalue weighted by Gasteiger charge is -2.35. The Balaban J connectivity index is 1.47. The average Bonchev–Trinajstić information content (AvgIpc) is 3.09. The highest BCUT2D eigenvalue weighted by atomic mass is 32.1. The topological polar surface area (TPSA) is 83.0 Å². The number of carbonyl (C=O) groups is 1. The number of rotatable bonds is 5. The molecule has 0 unspecified atom stereocenters. The highest BCUT2D eigenvalue weighted by molar-refractivity contribution is 7.13. The number of hydrogen-bond acceptors (Lipinski definition) is 7. The van der Waals surface area contributed by atoms with Crippen molar-refractivity contribution in [2.24, 2.45) is 0 Å². The summed E-state index contributed by atoms with van der Waals surface area (Å²) in [5, 5.41) is 8.71. The summed E-state index contributed by atoms with van der Waals surface area (Å²) in [7, 11) is 0. The van der Waals surface area contributed by atoms with Gasteiger partial charge in [0, 0.05) is 43.1 Å². The van der Waals surface area contributed by atoms with E-state index in [9.17, 15) is 4.79 Å². The third kappa shape index (κ3) is 4.23. The zero-order valence-corrected chi connectivity index (χ0v) is 13.8. The van der Waals surface area contributed by atoms with Gasteiger partial charge in [0.2, 0.25) is 11.9 Å². The summed E-state index contributed by atoms with van der Waals surface area (Å²) in [5.74, 6) is 0.665. The zero-order chi connectivity index (χ0) is 16.1. The molecule has 0 saturated carbocycles. The van der Waals surface area contributed by atoms with Crippen molar-refractivity contribution in [1.82, 2.24) is 19.9 Å². The maximum Gasteiger partial charge on any atom is 0.243 e. The van der Waals surface area contributed by atoms with Crippen molar-refractivity contribution >= 4 is 28.3 Å². The van der Waals surface area contributed by atoms with Gasteiger partial charge in [-0.25, -0.2) is 15.0 Å². The predicted molar refractivity (Wildman–Crippen MR) is 90.5 cm³/mol. The third-order valence-corrected chi connectivity index (χ3v) is 4.71. The third-order valence-electron chi connectivity index (χ3n) is 4.02. The van der Waals surface area contributed by atoms with Crippen LogP contribution < -0.4 is 10.6 Å². The molecule has 0 aromatic carbocycles. The molecule has 3 rings (SSSR count). The monoisotopic (exact) mass is 332 g/mol. The van der Waals surface area contributed by atoms with Crippen molar-refractivity contribution in [3.05, 3.63) is 30.0 Å². The Bertz CT molecular complexity index is 612. The van der Waals surface area contributed by atoms with Crippen LogP contribution in [0, 0.1) is 0 Å². The molecule has 0 radical (unpaired) electrons. The maximum atomic E-state index is 12.3. The summed E-state index contributed by atoms with van der Waals surface area (Å²) >= 11 is 1.43. The minimum Gasteiger partial charge on any atom is -0.351 e. The van der Waals surface area contributed by atoms with E-state index < -0.39 is 0 Å². The Morgan fingerprint density at radius 1 is 1.26 bits per heavy atom. The van der Waals surface area contributed by atoms with E-state index in [0.29, 0.717) is 17.1 Å². The van der Waals surface area contributed by atoms with Gasteiger partial charge in [0.1, 0.15) is 0 Å². The molecule has 0 spiro atoms. The van der Waals surface area contributed by atoms with Gasteiger partial charge < -0.3 is 10.6 Å². The molecule has 1 saturated heterocycles. The first-order valence-electron chi connectivity index (χ1n) is 7.70. The number of nitrogens with zero attached hydrogens (tertiary/aromatic N) is 4. The van der Waals surface area contributed by atoms with Gasteiger partial charge in [-0.2, -0.15) is 0 Å². The molecule has 1 aliphatic rings. The first-order chi connectivity index (χ1) is 11.2. The van der Waals surface area contributed by atoms with E-state index in [-0.39, 0.29) is 11.9 Å². The van der Waals surface area contributed by atoms with Crippen molar-refractivity contribution in [2.45, 2.75) is 31.8 Å². The summed E-state index contributed by atoms with van der Waals surface area (Å²) in [5.41, 5.74) is 0. The first-order valence-corrected chi connectivity index (χ1v) is 8.58. The number of piperidine rings is 1. The van der Waals surface area contributed by atoms with Gasteiger partial charge in [0.05, 0.1) is 6.04 Å². The molecule has 3 heterocycles. The van der Waals surface area contributed by atoms with Crippen molar-refractivity contribution in [2.75, 3.05) is 23.7 Å². The molecule has 7 nitrogen and oxygen atoms in total. The van der Waals surface area contributed by atoms with Crippen LogP contribution in [0.15, 0.2) is 30.0 Å². The van der Waals surface area contributed by atoms with Crippen molar-refractivity contribution in [1.29, 1.82) is 0 Å². The second-order valence-corrected chi connectivity index (χ2v) is 6.42. The van der Waals surface area contributed by atoms with Crippen LogP contribution in [-0.2, 0) is 4.79 Å². The van der Waals surface area contributed by atoms with Crippen LogP contribution in [0.1, 0.15) is 19.8 Å². The lowest BCUT2D eigenvalue weighted by atomic mass is 10.0. The fourth-order valence-electron chi connectivity index (χ4n) is 2.65. The number of thiazole rings is 1. The molecule has 0 bridgehead atoms. The zero-order valence-electron chi connectivity index (χ0n) is 13.0. The number of amides is 1. The van der Waals surface area contributed by atoms with Gasteiger partial charge >= 0.3 is 0 Å². The Morgan fingerprint density at radius 3 is 2.65 bits per heavy atom. The molecule has 1 aliphatic heterocycles. The van der Waals surface area contributed by atoms with Crippen LogP contribution >= 0.6 is 11.3 Å². The largest absolute Gasteiger partial charge is 0.351 e. The molecule has 2 aromatic rings. The average molecular weight is 332 g/mol. The van der Waals surface area contributed by atoms with Crippen LogP contribution in [0.2, 0.25) is 0 Å². The van der Waals surface area contributed by atoms with Crippen molar-refractivity contribution in [3.8, 4) is 0 Å². The quantitative estimate of drug-likeness (QED) is 0.869. The molecule has 122 valence electrons. The SMILES string of the molecule is C[C@@H](C(=O)Nc1nccs1)N1CCC(Nc2ncccn2)CC1. The normalized spacial score (nSPS) is 17.6. The predicted octanol–water partition coefficient (Wildman–Crippen LogP) is 1.84. The highest BCUT2D eigenvalue weighted by Gasteiger charge is 2.27. The molecule has 2 N–H and O–H groups in total. The van der Waals surface area contributed by atoms with Crippen LogP contribution in [0.4, 0.5) is 11.1 Å². The minimum absolute atomic E-state index is 0.00208.